The number of carbonyl (C=O) groups is 6. The van der Waals surface area contributed by atoms with Crippen molar-refractivity contribution in [3.05, 3.63) is 35.4 Å². The van der Waals surface area contributed by atoms with Gasteiger partial charge in [0.05, 0.1) is 12.6 Å². The summed E-state index contributed by atoms with van der Waals surface area (Å²) < 4.78 is 26.8. The van der Waals surface area contributed by atoms with Crippen LogP contribution < -0.4 is 31.9 Å². The molecule has 0 saturated carbocycles. The lowest BCUT2D eigenvalue weighted by atomic mass is 10.0. The molecule has 2 unspecified atom stereocenters. The molecular weight excluding hydrogens is 678 g/mol. The molecule has 0 spiro atoms. The first-order valence-electron chi connectivity index (χ1n) is 18.3. The molecule has 1 aromatic carbocycles. The van der Waals surface area contributed by atoms with Gasteiger partial charge in [-0.2, -0.15) is 0 Å². The zero-order valence-electron chi connectivity index (χ0n) is 32.3. The second-order valence-corrected chi connectivity index (χ2v) is 12.7. The molecule has 7 N–H and O–H groups in total. The van der Waals surface area contributed by atoms with Crippen molar-refractivity contribution in [1.29, 1.82) is 0 Å². The van der Waals surface area contributed by atoms with Gasteiger partial charge in [0.1, 0.15) is 17.7 Å². The Balaban J connectivity index is 0. The molecule has 0 aliphatic carbocycles. The molecule has 0 bridgehead atoms. The quantitative estimate of drug-likeness (QED) is 0.0824. The summed E-state index contributed by atoms with van der Waals surface area (Å²) in [5.74, 6) is -3.50. The third-order valence-corrected chi connectivity index (χ3v) is 7.51. The molecule has 0 radical (unpaired) electrons. The summed E-state index contributed by atoms with van der Waals surface area (Å²) in [5, 5.41) is 24.8. The Hall–Kier alpha value is -4.14. The van der Waals surface area contributed by atoms with Crippen molar-refractivity contribution in [2.75, 3.05) is 19.6 Å². The predicted octanol–water partition coefficient (Wildman–Crippen LogP) is 3.74. The summed E-state index contributed by atoms with van der Waals surface area (Å²) in [6.07, 6.45) is 6.06. The minimum Gasteiger partial charge on any atom is -0.481 e. The summed E-state index contributed by atoms with van der Waals surface area (Å²) >= 11 is 0. The molecule has 13 nitrogen and oxygen atoms in total. The number of likely N-dealkylation sites (N-methyl/N-ethyl adjacent to an activating group) is 1. The van der Waals surface area contributed by atoms with E-state index >= 15 is 0 Å². The Morgan fingerprint density at radius 3 is 1.90 bits per heavy atom. The van der Waals surface area contributed by atoms with Crippen LogP contribution in [0.15, 0.2) is 18.2 Å². The molecule has 15 heteroatoms. The molecule has 0 aromatic heterocycles. The maximum atomic E-state index is 13.4. The van der Waals surface area contributed by atoms with E-state index in [1.165, 1.54) is 25.0 Å². The van der Waals surface area contributed by atoms with E-state index in [1.54, 1.807) is 6.92 Å². The average molecular weight is 743 g/mol. The van der Waals surface area contributed by atoms with Crippen LogP contribution in [-0.2, 0) is 35.2 Å². The summed E-state index contributed by atoms with van der Waals surface area (Å²) in [6.45, 7) is 16.2. The largest absolute Gasteiger partial charge is 0.481 e. The minimum atomic E-state index is -0.922. The van der Waals surface area contributed by atoms with Crippen LogP contribution in [0.3, 0.4) is 0 Å². The van der Waals surface area contributed by atoms with Gasteiger partial charge in [-0.1, -0.05) is 60.8 Å². The molecular formula is C37H64F2N6O7. The van der Waals surface area contributed by atoms with E-state index in [0.717, 1.165) is 18.9 Å². The SMILES string of the molecule is CCCC.CCCC(C)NC(=O)CNC(=O)CCCC(=O)O.CCNC(=O)[C@@H](NC(=O)C(CC)NC[C@H](Cc1cc(F)cc(F)c1)NC=O)C(C)C. The topological polar surface area (TPSA) is 195 Å². The van der Waals surface area contributed by atoms with Crippen LogP contribution in [0.25, 0.3) is 0 Å². The maximum Gasteiger partial charge on any atom is 0.303 e. The van der Waals surface area contributed by atoms with Crippen molar-refractivity contribution in [2.24, 2.45) is 5.92 Å². The Labute approximate surface area is 308 Å². The smallest absolute Gasteiger partial charge is 0.303 e. The monoisotopic (exact) mass is 742 g/mol. The highest BCUT2D eigenvalue weighted by atomic mass is 19.1. The number of carboxylic acids is 1. The van der Waals surface area contributed by atoms with Gasteiger partial charge in [0.25, 0.3) is 0 Å². The number of amides is 5. The Kier molecular flexibility index (Phi) is 29.3. The third-order valence-electron chi connectivity index (χ3n) is 7.51. The minimum absolute atomic E-state index is 0.0346. The van der Waals surface area contributed by atoms with Crippen LogP contribution in [0.2, 0.25) is 0 Å². The number of hydrogen-bond donors (Lipinski definition) is 7. The van der Waals surface area contributed by atoms with Crippen LogP contribution in [0.4, 0.5) is 8.78 Å². The highest BCUT2D eigenvalue weighted by Gasteiger charge is 2.27. The number of benzene rings is 1. The van der Waals surface area contributed by atoms with Crippen LogP contribution in [-0.4, -0.2) is 84.9 Å². The van der Waals surface area contributed by atoms with Crippen molar-refractivity contribution in [2.45, 2.75) is 137 Å². The van der Waals surface area contributed by atoms with Gasteiger partial charge in [-0.15, -0.1) is 0 Å². The normalized spacial score (nSPS) is 12.7. The first-order valence-corrected chi connectivity index (χ1v) is 18.3. The van der Waals surface area contributed by atoms with Gasteiger partial charge in [-0.3, -0.25) is 28.8 Å². The molecule has 4 atom stereocenters. The van der Waals surface area contributed by atoms with E-state index in [2.05, 4.69) is 45.7 Å². The van der Waals surface area contributed by atoms with Crippen molar-refractivity contribution in [3.63, 3.8) is 0 Å². The van der Waals surface area contributed by atoms with E-state index in [4.69, 9.17) is 5.11 Å². The first-order chi connectivity index (χ1) is 24.6. The number of carboxylic acid groups (broad SMARTS) is 1. The lowest BCUT2D eigenvalue weighted by molar-refractivity contribution is -0.137. The van der Waals surface area contributed by atoms with Crippen LogP contribution in [0.1, 0.15) is 112 Å². The second-order valence-electron chi connectivity index (χ2n) is 12.7. The molecule has 1 aromatic rings. The zero-order chi connectivity index (χ0) is 40.1. The predicted molar refractivity (Wildman–Crippen MR) is 198 cm³/mol. The van der Waals surface area contributed by atoms with Crippen LogP contribution in [0, 0.1) is 17.6 Å². The van der Waals surface area contributed by atoms with Crippen LogP contribution >= 0.6 is 0 Å². The summed E-state index contributed by atoms with van der Waals surface area (Å²) in [4.78, 5) is 68.7. The molecule has 298 valence electrons. The fraction of sp³-hybridized carbons (Fsp3) is 0.676. The standard InChI is InChI=1S/C21H32F2N4O3.C12H22N2O4.C4H10/c1-5-18(20(29)27-19(13(3)4)21(30)24-6-2)25-11-17(26-12-28)9-14-7-15(22)10-16(23)8-14;1-3-5-9(2)14-11(16)8-13-10(15)6-4-7-12(17)18;1-3-4-2/h7-8,10,12-13,17-19,25H,5-6,9,11H2,1-4H3,(H,24,30)(H,26,28)(H,27,29);9H,3-8H2,1-2H3,(H,13,15)(H,14,16)(H,17,18);3-4H2,1-2H3/t17-,18?,19-;;/m0../s1. The second kappa shape index (κ2) is 30.5. The van der Waals surface area contributed by atoms with Crippen molar-refractivity contribution < 1.29 is 42.7 Å². The Bertz CT molecular complexity index is 1180. The Morgan fingerprint density at radius 1 is 0.808 bits per heavy atom. The highest BCUT2D eigenvalue weighted by Crippen LogP contribution is 2.10. The van der Waals surface area contributed by atoms with E-state index in [0.29, 0.717) is 24.9 Å². The van der Waals surface area contributed by atoms with E-state index in [9.17, 15) is 37.5 Å². The van der Waals surface area contributed by atoms with Crippen molar-refractivity contribution in [3.8, 4) is 0 Å². The van der Waals surface area contributed by atoms with Crippen molar-refractivity contribution >= 4 is 36.0 Å². The zero-order valence-corrected chi connectivity index (χ0v) is 32.3. The van der Waals surface area contributed by atoms with Crippen molar-refractivity contribution in [1.82, 2.24) is 31.9 Å². The highest BCUT2D eigenvalue weighted by molar-refractivity contribution is 5.90. The number of carbonyl (C=O) groups excluding carboxylic acids is 5. The summed E-state index contributed by atoms with van der Waals surface area (Å²) in [5.41, 5.74) is 0.391. The maximum absolute atomic E-state index is 13.4. The number of rotatable bonds is 23. The fourth-order valence-corrected chi connectivity index (χ4v) is 4.58. The molecule has 0 aliphatic heterocycles. The van der Waals surface area contributed by atoms with Gasteiger partial charge >= 0.3 is 5.97 Å². The molecule has 0 saturated heterocycles. The van der Waals surface area contributed by atoms with E-state index < -0.39 is 35.7 Å². The van der Waals surface area contributed by atoms with Gasteiger partial charge in [0, 0.05) is 44.1 Å². The molecule has 0 heterocycles. The summed E-state index contributed by atoms with van der Waals surface area (Å²) in [6, 6.07) is 1.55. The molecule has 5 amide bonds. The number of hydrogen-bond acceptors (Lipinski definition) is 7. The van der Waals surface area contributed by atoms with Gasteiger partial charge < -0.3 is 37.0 Å². The summed E-state index contributed by atoms with van der Waals surface area (Å²) in [7, 11) is 0. The number of nitrogens with one attached hydrogen (secondary N) is 6. The van der Waals surface area contributed by atoms with Gasteiger partial charge in [0.15, 0.2) is 0 Å². The van der Waals surface area contributed by atoms with E-state index in [-0.39, 0.29) is 74.4 Å². The number of aliphatic carboxylic acids is 1. The fourth-order valence-electron chi connectivity index (χ4n) is 4.58. The Morgan fingerprint density at radius 2 is 1.42 bits per heavy atom. The third kappa shape index (κ3) is 25.8. The van der Waals surface area contributed by atoms with Gasteiger partial charge in [-0.25, -0.2) is 8.78 Å². The molecule has 1 rings (SSSR count). The number of unbranched alkanes of at least 4 members (excludes halogenated alkanes) is 1. The van der Waals surface area contributed by atoms with Crippen LogP contribution in [0.5, 0.6) is 0 Å². The van der Waals surface area contributed by atoms with E-state index in [1.807, 2.05) is 34.6 Å². The van der Waals surface area contributed by atoms with Gasteiger partial charge in [0.2, 0.25) is 30.0 Å². The number of halogens is 2. The van der Waals surface area contributed by atoms with Gasteiger partial charge in [-0.05, 0) is 63.1 Å². The molecule has 52 heavy (non-hydrogen) atoms. The molecule has 0 fully saturated rings. The first kappa shape index (κ1) is 50.0. The molecule has 0 aliphatic rings. The lowest BCUT2D eigenvalue weighted by Crippen LogP contribution is -2.55. The average Bonchev–Trinajstić information content (AvgIpc) is 3.06. The lowest BCUT2D eigenvalue weighted by Gasteiger charge is -2.26.